The summed E-state index contributed by atoms with van der Waals surface area (Å²) >= 11 is 0. The van der Waals surface area contributed by atoms with Crippen molar-refractivity contribution < 1.29 is 9.53 Å². The minimum Gasteiger partial charge on any atom is -0.465 e. The second-order valence-corrected chi connectivity index (χ2v) is 8.48. The van der Waals surface area contributed by atoms with Crippen LogP contribution in [0, 0.1) is 12.8 Å². The van der Waals surface area contributed by atoms with Crippen molar-refractivity contribution in [2.75, 3.05) is 6.61 Å². The van der Waals surface area contributed by atoms with Gasteiger partial charge in [-0.3, -0.25) is 4.79 Å². The molecule has 0 aliphatic carbocycles. The third-order valence-electron chi connectivity index (χ3n) is 5.90. The minimum atomic E-state index is -0.184. The first-order chi connectivity index (χ1) is 13.6. The highest BCUT2D eigenvalue weighted by Crippen LogP contribution is 2.23. The standard InChI is InChI=1S/C26H44O2/c1-5-7-9-11-12-14-19-24(18-13-10-8-6-2)21-28-26(27)23(4)25-20-16-15-17-22(25)3/h15-17,20,23-24H,5-14,18-19,21H2,1-4H3. The SMILES string of the molecule is CCCCCCCCC(CCCCCC)COC(=O)C(C)c1ccccc1C. The first kappa shape index (κ1) is 24.7. The van der Waals surface area contributed by atoms with Gasteiger partial charge in [-0.2, -0.15) is 0 Å². The van der Waals surface area contributed by atoms with Crippen LogP contribution in [0.4, 0.5) is 0 Å². The van der Waals surface area contributed by atoms with Crippen molar-refractivity contribution >= 4 is 5.97 Å². The van der Waals surface area contributed by atoms with Crippen LogP contribution in [0.2, 0.25) is 0 Å². The number of ether oxygens (including phenoxy) is 1. The summed E-state index contributed by atoms with van der Waals surface area (Å²) in [4.78, 5) is 12.6. The third kappa shape index (κ3) is 10.3. The van der Waals surface area contributed by atoms with Crippen LogP contribution in [-0.2, 0) is 9.53 Å². The molecule has 1 rings (SSSR count). The zero-order valence-electron chi connectivity index (χ0n) is 19.0. The molecule has 0 fully saturated rings. The van der Waals surface area contributed by atoms with E-state index in [9.17, 15) is 4.79 Å². The molecule has 2 atom stereocenters. The predicted molar refractivity (Wildman–Crippen MR) is 121 cm³/mol. The van der Waals surface area contributed by atoms with Crippen LogP contribution in [0.15, 0.2) is 24.3 Å². The van der Waals surface area contributed by atoms with Crippen LogP contribution in [0.25, 0.3) is 0 Å². The molecule has 0 aliphatic heterocycles. The Bertz CT molecular complexity index is 523. The molecule has 0 saturated heterocycles. The fourth-order valence-electron chi connectivity index (χ4n) is 3.91. The van der Waals surface area contributed by atoms with E-state index in [4.69, 9.17) is 4.74 Å². The maximum atomic E-state index is 12.6. The van der Waals surface area contributed by atoms with Gasteiger partial charge < -0.3 is 4.74 Å². The summed E-state index contributed by atoms with van der Waals surface area (Å²) < 4.78 is 5.79. The van der Waals surface area contributed by atoms with Crippen molar-refractivity contribution in [1.29, 1.82) is 0 Å². The van der Waals surface area contributed by atoms with Crippen molar-refractivity contribution in [3.8, 4) is 0 Å². The molecule has 2 unspecified atom stereocenters. The largest absolute Gasteiger partial charge is 0.465 e. The van der Waals surface area contributed by atoms with Crippen molar-refractivity contribution in [2.45, 2.75) is 111 Å². The summed E-state index contributed by atoms with van der Waals surface area (Å²) in [5.41, 5.74) is 2.25. The van der Waals surface area contributed by atoms with E-state index in [0.717, 1.165) is 11.1 Å². The highest BCUT2D eigenvalue weighted by atomic mass is 16.5. The summed E-state index contributed by atoms with van der Waals surface area (Å²) in [6.45, 7) is 9.14. The lowest BCUT2D eigenvalue weighted by Crippen LogP contribution is -2.19. The first-order valence-electron chi connectivity index (χ1n) is 11.8. The van der Waals surface area contributed by atoms with Crippen LogP contribution in [0.1, 0.15) is 115 Å². The Hall–Kier alpha value is -1.31. The average Bonchev–Trinajstić information content (AvgIpc) is 2.70. The second-order valence-electron chi connectivity index (χ2n) is 8.48. The number of rotatable bonds is 16. The molecule has 0 N–H and O–H groups in total. The van der Waals surface area contributed by atoms with E-state index in [-0.39, 0.29) is 11.9 Å². The summed E-state index contributed by atoms with van der Waals surface area (Å²) in [7, 11) is 0. The maximum absolute atomic E-state index is 12.6. The Balaban J connectivity index is 2.44. The van der Waals surface area contributed by atoms with E-state index in [1.165, 1.54) is 77.0 Å². The molecule has 160 valence electrons. The van der Waals surface area contributed by atoms with Gasteiger partial charge in [0.2, 0.25) is 0 Å². The number of hydrogen-bond acceptors (Lipinski definition) is 2. The van der Waals surface area contributed by atoms with Gasteiger partial charge in [0.05, 0.1) is 12.5 Å². The van der Waals surface area contributed by atoms with E-state index >= 15 is 0 Å². The number of hydrogen-bond donors (Lipinski definition) is 0. The van der Waals surface area contributed by atoms with E-state index in [1.54, 1.807) is 0 Å². The molecule has 0 radical (unpaired) electrons. The minimum absolute atomic E-state index is 0.0733. The van der Waals surface area contributed by atoms with Gasteiger partial charge in [0.1, 0.15) is 0 Å². The van der Waals surface area contributed by atoms with E-state index in [0.29, 0.717) is 12.5 Å². The normalized spacial score (nSPS) is 13.3. The van der Waals surface area contributed by atoms with Gasteiger partial charge in [-0.05, 0) is 43.7 Å². The molecule has 2 heteroatoms. The summed E-state index contributed by atoms with van der Waals surface area (Å²) in [5.74, 6) is 0.267. The summed E-state index contributed by atoms with van der Waals surface area (Å²) in [6, 6.07) is 8.12. The Morgan fingerprint density at radius 1 is 0.857 bits per heavy atom. The van der Waals surface area contributed by atoms with E-state index < -0.39 is 0 Å². The smallest absolute Gasteiger partial charge is 0.313 e. The lowest BCUT2D eigenvalue weighted by molar-refractivity contribution is -0.146. The lowest BCUT2D eigenvalue weighted by Gasteiger charge is -2.19. The number of carbonyl (C=O) groups excluding carboxylic acids is 1. The van der Waals surface area contributed by atoms with Crippen LogP contribution >= 0.6 is 0 Å². The number of esters is 1. The summed E-state index contributed by atoms with van der Waals surface area (Å²) in [6.07, 6.45) is 15.5. The monoisotopic (exact) mass is 388 g/mol. The molecule has 2 nitrogen and oxygen atoms in total. The molecular formula is C26H44O2. The number of carbonyl (C=O) groups is 1. The molecule has 0 bridgehead atoms. The van der Waals surface area contributed by atoms with Crippen molar-refractivity contribution in [2.24, 2.45) is 5.92 Å². The van der Waals surface area contributed by atoms with Crippen LogP contribution in [-0.4, -0.2) is 12.6 Å². The Kier molecular flexibility index (Phi) is 13.8. The first-order valence-corrected chi connectivity index (χ1v) is 11.8. The molecule has 0 heterocycles. The second kappa shape index (κ2) is 15.6. The maximum Gasteiger partial charge on any atom is 0.313 e. The quantitative estimate of drug-likeness (QED) is 0.212. The van der Waals surface area contributed by atoms with Crippen molar-refractivity contribution in [3.05, 3.63) is 35.4 Å². The number of unbranched alkanes of at least 4 members (excludes halogenated alkanes) is 8. The fourth-order valence-corrected chi connectivity index (χ4v) is 3.91. The highest BCUT2D eigenvalue weighted by molar-refractivity contribution is 5.78. The molecule has 1 aromatic carbocycles. The molecule has 28 heavy (non-hydrogen) atoms. The fraction of sp³-hybridized carbons (Fsp3) is 0.731. The van der Waals surface area contributed by atoms with Gasteiger partial charge >= 0.3 is 5.97 Å². The highest BCUT2D eigenvalue weighted by Gasteiger charge is 2.20. The number of benzene rings is 1. The predicted octanol–water partition coefficient (Wildman–Crippen LogP) is 7.98. The average molecular weight is 389 g/mol. The zero-order valence-corrected chi connectivity index (χ0v) is 19.0. The van der Waals surface area contributed by atoms with Crippen LogP contribution in [0.5, 0.6) is 0 Å². The molecule has 0 spiro atoms. The molecular weight excluding hydrogens is 344 g/mol. The molecule has 0 aliphatic rings. The van der Waals surface area contributed by atoms with Gasteiger partial charge in [0.15, 0.2) is 0 Å². The van der Waals surface area contributed by atoms with E-state index in [1.807, 2.05) is 25.1 Å². The molecule has 1 aromatic rings. The summed E-state index contributed by atoms with van der Waals surface area (Å²) in [5, 5.41) is 0. The third-order valence-corrected chi connectivity index (χ3v) is 5.90. The van der Waals surface area contributed by atoms with Gasteiger partial charge in [0, 0.05) is 0 Å². The Morgan fingerprint density at radius 2 is 1.39 bits per heavy atom. The Labute approximate surface area is 174 Å². The van der Waals surface area contributed by atoms with Gasteiger partial charge in [-0.15, -0.1) is 0 Å². The van der Waals surface area contributed by atoms with Crippen LogP contribution in [0.3, 0.4) is 0 Å². The number of aryl methyl sites for hydroxylation is 1. The molecule has 0 aromatic heterocycles. The molecule has 0 saturated carbocycles. The Morgan fingerprint density at radius 3 is 2.00 bits per heavy atom. The molecule has 0 amide bonds. The van der Waals surface area contributed by atoms with Gasteiger partial charge in [-0.1, -0.05) is 102 Å². The van der Waals surface area contributed by atoms with Crippen molar-refractivity contribution in [1.82, 2.24) is 0 Å². The van der Waals surface area contributed by atoms with Gasteiger partial charge in [0.25, 0.3) is 0 Å². The topological polar surface area (TPSA) is 26.3 Å². The van der Waals surface area contributed by atoms with Crippen LogP contribution < -0.4 is 0 Å². The zero-order chi connectivity index (χ0) is 20.6. The van der Waals surface area contributed by atoms with Gasteiger partial charge in [-0.25, -0.2) is 0 Å². The van der Waals surface area contributed by atoms with Crippen molar-refractivity contribution in [3.63, 3.8) is 0 Å². The lowest BCUT2D eigenvalue weighted by atomic mass is 9.94. The van der Waals surface area contributed by atoms with E-state index in [2.05, 4.69) is 26.8 Å².